The summed E-state index contributed by atoms with van der Waals surface area (Å²) >= 11 is 1.69. The van der Waals surface area contributed by atoms with Crippen molar-refractivity contribution in [1.29, 1.82) is 0 Å². The first-order valence-electron chi connectivity index (χ1n) is 5.92. The molecule has 0 radical (unpaired) electrons. The molecule has 0 aliphatic heterocycles. The third-order valence-corrected chi connectivity index (χ3v) is 3.66. The van der Waals surface area contributed by atoms with Gasteiger partial charge in [-0.05, 0) is 30.3 Å². The Kier molecular flexibility index (Phi) is 4.52. The van der Waals surface area contributed by atoms with E-state index in [0.717, 1.165) is 16.4 Å². The molecule has 0 fully saturated rings. The van der Waals surface area contributed by atoms with Gasteiger partial charge in [0.15, 0.2) is 0 Å². The molecular weight excluding hydrogens is 260 g/mol. The zero-order valence-corrected chi connectivity index (χ0v) is 11.5. The summed E-state index contributed by atoms with van der Waals surface area (Å²) in [4.78, 5) is 12.7. The predicted molar refractivity (Wildman–Crippen MR) is 78.8 cm³/mol. The van der Waals surface area contributed by atoms with E-state index in [2.05, 4.69) is 0 Å². The number of nitrogen functional groups attached to an aromatic ring is 1. The standard InChI is InChI=1S/C14H16N2O2S/c1-18-12-3-5-13(6-4-12)19-9-8-16-10-11(15)2-7-14(16)17/h2-7,10H,8-9,15H2,1H3. The van der Waals surface area contributed by atoms with Gasteiger partial charge in [0.05, 0.1) is 7.11 Å². The van der Waals surface area contributed by atoms with Crippen molar-refractivity contribution in [3.8, 4) is 5.75 Å². The minimum atomic E-state index is -0.0236. The Morgan fingerprint density at radius 1 is 1.21 bits per heavy atom. The lowest BCUT2D eigenvalue weighted by molar-refractivity contribution is 0.414. The Labute approximate surface area is 116 Å². The maximum absolute atomic E-state index is 11.6. The number of pyridine rings is 1. The van der Waals surface area contributed by atoms with E-state index in [0.29, 0.717) is 12.2 Å². The van der Waals surface area contributed by atoms with Crippen LogP contribution in [0.2, 0.25) is 0 Å². The summed E-state index contributed by atoms with van der Waals surface area (Å²) in [5.74, 6) is 1.66. The van der Waals surface area contributed by atoms with Gasteiger partial charge in [-0.3, -0.25) is 4.79 Å². The Balaban J connectivity index is 1.92. The van der Waals surface area contributed by atoms with E-state index in [4.69, 9.17) is 10.5 Å². The second-order valence-corrected chi connectivity index (χ2v) is 5.19. The summed E-state index contributed by atoms with van der Waals surface area (Å²) in [6.07, 6.45) is 1.68. The molecule has 0 unspecified atom stereocenters. The first kappa shape index (κ1) is 13.5. The Morgan fingerprint density at radius 3 is 2.63 bits per heavy atom. The normalized spacial score (nSPS) is 10.4. The molecule has 0 amide bonds. The van der Waals surface area contributed by atoms with Gasteiger partial charge in [-0.1, -0.05) is 0 Å². The third-order valence-electron chi connectivity index (χ3n) is 2.67. The number of anilines is 1. The molecule has 2 N–H and O–H groups in total. The van der Waals surface area contributed by atoms with Crippen LogP contribution in [0, 0.1) is 0 Å². The number of aryl methyl sites for hydroxylation is 1. The van der Waals surface area contributed by atoms with Gasteiger partial charge < -0.3 is 15.0 Å². The number of ether oxygens (including phenoxy) is 1. The fraction of sp³-hybridized carbons (Fsp3) is 0.214. The van der Waals surface area contributed by atoms with Gasteiger partial charge in [0, 0.05) is 35.1 Å². The maximum atomic E-state index is 11.6. The Morgan fingerprint density at radius 2 is 1.95 bits per heavy atom. The molecule has 0 saturated carbocycles. The van der Waals surface area contributed by atoms with Gasteiger partial charge in [0.1, 0.15) is 5.75 Å². The van der Waals surface area contributed by atoms with E-state index in [-0.39, 0.29) is 5.56 Å². The molecule has 1 aromatic heterocycles. The van der Waals surface area contributed by atoms with Crippen LogP contribution in [0.3, 0.4) is 0 Å². The molecule has 1 aromatic carbocycles. The molecule has 19 heavy (non-hydrogen) atoms. The van der Waals surface area contributed by atoms with Gasteiger partial charge >= 0.3 is 0 Å². The number of rotatable bonds is 5. The second-order valence-electron chi connectivity index (χ2n) is 4.02. The minimum Gasteiger partial charge on any atom is -0.497 e. The highest BCUT2D eigenvalue weighted by molar-refractivity contribution is 7.99. The number of aromatic nitrogens is 1. The van der Waals surface area contributed by atoms with Crippen LogP contribution in [0.15, 0.2) is 52.3 Å². The summed E-state index contributed by atoms with van der Waals surface area (Å²) < 4.78 is 6.73. The van der Waals surface area contributed by atoms with Crippen LogP contribution in [0.4, 0.5) is 5.69 Å². The second kappa shape index (κ2) is 6.33. The first-order chi connectivity index (χ1) is 9.19. The van der Waals surface area contributed by atoms with Crippen LogP contribution in [0.25, 0.3) is 0 Å². The molecule has 5 heteroatoms. The van der Waals surface area contributed by atoms with Crippen LogP contribution in [0.1, 0.15) is 0 Å². The number of benzene rings is 1. The minimum absolute atomic E-state index is 0.0236. The van der Waals surface area contributed by atoms with Crippen molar-refractivity contribution in [1.82, 2.24) is 4.57 Å². The SMILES string of the molecule is COc1ccc(SCCn2cc(N)ccc2=O)cc1. The van der Waals surface area contributed by atoms with Crippen molar-refractivity contribution in [2.24, 2.45) is 0 Å². The molecule has 2 rings (SSSR count). The highest BCUT2D eigenvalue weighted by Gasteiger charge is 1.99. The summed E-state index contributed by atoms with van der Waals surface area (Å²) in [5, 5.41) is 0. The van der Waals surface area contributed by atoms with Gasteiger partial charge in [-0.2, -0.15) is 0 Å². The Bertz CT molecular complexity index is 593. The Hall–Kier alpha value is -1.88. The zero-order chi connectivity index (χ0) is 13.7. The molecule has 0 aliphatic carbocycles. The van der Waals surface area contributed by atoms with E-state index in [1.54, 1.807) is 35.7 Å². The van der Waals surface area contributed by atoms with Crippen molar-refractivity contribution in [3.63, 3.8) is 0 Å². The van der Waals surface area contributed by atoms with Crippen molar-refractivity contribution < 1.29 is 4.74 Å². The lowest BCUT2D eigenvalue weighted by Gasteiger charge is -2.06. The van der Waals surface area contributed by atoms with Gasteiger partial charge in [-0.25, -0.2) is 0 Å². The number of hydrogen-bond donors (Lipinski definition) is 1. The zero-order valence-electron chi connectivity index (χ0n) is 10.7. The highest BCUT2D eigenvalue weighted by atomic mass is 32.2. The van der Waals surface area contributed by atoms with E-state index in [1.807, 2.05) is 24.3 Å². The topological polar surface area (TPSA) is 57.2 Å². The van der Waals surface area contributed by atoms with Gasteiger partial charge in [-0.15, -0.1) is 11.8 Å². The van der Waals surface area contributed by atoms with E-state index >= 15 is 0 Å². The van der Waals surface area contributed by atoms with Crippen LogP contribution in [-0.4, -0.2) is 17.4 Å². The van der Waals surface area contributed by atoms with Gasteiger partial charge in [0.25, 0.3) is 5.56 Å². The fourth-order valence-electron chi connectivity index (χ4n) is 1.66. The smallest absolute Gasteiger partial charge is 0.250 e. The largest absolute Gasteiger partial charge is 0.497 e. The van der Waals surface area contributed by atoms with Crippen LogP contribution >= 0.6 is 11.8 Å². The molecular formula is C14H16N2O2S. The molecule has 0 aliphatic rings. The molecule has 1 heterocycles. The summed E-state index contributed by atoms with van der Waals surface area (Å²) in [7, 11) is 1.65. The summed E-state index contributed by atoms with van der Waals surface area (Å²) in [6.45, 7) is 0.639. The van der Waals surface area contributed by atoms with Crippen molar-refractivity contribution in [3.05, 3.63) is 52.9 Å². The average molecular weight is 276 g/mol. The molecule has 4 nitrogen and oxygen atoms in total. The first-order valence-corrected chi connectivity index (χ1v) is 6.90. The molecule has 0 saturated heterocycles. The van der Waals surface area contributed by atoms with Crippen LogP contribution in [0.5, 0.6) is 5.75 Å². The maximum Gasteiger partial charge on any atom is 0.250 e. The number of nitrogens with zero attached hydrogens (tertiary/aromatic N) is 1. The number of hydrogen-bond acceptors (Lipinski definition) is 4. The fourth-order valence-corrected chi connectivity index (χ4v) is 2.51. The highest BCUT2D eigenvalue weighted by Crippen LogP contribution is 2.21. The van der Waals surface area contributed by atoms with Crippen LogP contribution < -0.4 is 16.0 Å². The molecule has 0 bridgehead atoms. The lowest BCUT2D eigenvalue weighted by atomic mass is 10.3. The van der Waals surface area contributed by atoms with Crippen molar-refractivity contribution in [2.45, 2.75) is 11.4 Å². The molecule has 0 spiro atoms. The average Bonchev–Trinajstić information content (AvgIpc) is 2.43. The third kappa shape index (κ3) is 3.79. The van der Waals surface area contributed by atoms with Crippen LogP contribution in [-0.2, 0) is 6.54 Å². The molecule has 100 valence electrons. The quantitative estimate of drug-likeness (QED) is 0.851. The predicted octanol–water partition coefficient (Wildman–Crippen LogP) is 2.23. The summed E-state index contributed by atoms with van der Waals surface area (Å²) in [6, 6.07) is 11.0. The van der Waals surface area contributed by atoms with E-state index < -0.39 is 0 Å². The number of nitrogens with two attached hydrogens (primary N) is 1. The van der Waals surface area contributed by atoms with Crippen molar-refractivity contribution in [2.75, 3.05) is 18.6 Å². The van der Waals surface area contributed by atoms with E-state index in [9.17, 15) is 4.79 Å². The summed E-state index contributed by atoms with van der Waals surface area (Å²) in [5.41, 5.74) is 6.24. The number of thioether (sulfide) groups is 1. The van der Waals surface area contributed by atoms with Crippen molar-refractivity contribution >= 4 is 17.4 Å². The van der Waals surface area contributed by atoms with Gasteiger partial charge in [0.2, 0.25) is 0 Å². The van der Waals surface area contributed by atoms with E-state index in [1.165, 1.54) is 6.07 Å². The molecule has 0 atom stereocenters. The molecule has 2 aromatic rings. The number of methoxy groups -OCH3 is 1. The monoisotopic (exact) mass is 276 g/mol. The lowest BCUT2D eigenvalue weighted by Crippen LogP contribution is -2.19.